The lowest BCUT2D eigenvalue weighted by molar-refractivity contribution is -0.0875. The van der Waals surface area contributed by atoms with E-state index in [-0.39, 0.29) is 0 Å². The number of aromatic nitrogens is 1. The number of piperidine rings is 1. The zero-order valence-electron chi connectivity index (χ0n) is 18.8. The van der Waals surface area contributed by atoms with Crippen molar-refractivity contribution in [2.75, 3.05) is 26.7 Å². The number of benzene rings is 1. The number of hydrogen-bond donors (Lipinski definition) is 1. The molecule has 2 aromatic rings. The lowest BCUT2D eigenvalue weighted by Gasteiger charge is -2.33. The minimum atomic E-state index is -0.460. The lowest BCUT2D eigenvalue weighted by atomic mass is 10.0. The Morgan fingerprint density at radius 2 is 1.90 bits per heavy atom. The minimum Gasteiger partial charge on any atom is -0.493 e. The molecule has 0 saturated carbocycles. The van der Waals surface area contributed by atoms with Crippen molar-refractivity contribution in [1.82, 2.24) is 20.3 Å². The Balaban J connectivity index is 1.50. The molecule has 0 radical (unpaired) electrons. The number of pyridine rings is 1. The number of hydrogen-bond acceptors (Lipinski definition) is 7. The van der Waals surface area contributed by atoms with Crippen LogP contribution in [0.4, 0.5) is 0 Å². The summed E-state index contributed by atoms with van der Waals surface area (Å²) < 4.78 is 5.82. The summed E-state index contributed by atoms with van der Waals surface area (Å²) in [5.74, 6) is 2.18. The van der Waals surface area contributed by atoms with E-state index in [4.69, 9.17) is 14.6 Å². The fourth-order valence-corrected chi connectivity index (χ4v) is 3.76. The molecular weight excluding hydrogens is 390 g/mol. The predicted molar refractivity (Wildman–Crippen MR) is 121 cm³/mol. The molecule has 1 saturated heterocycles. The quantitative estimate of drug-likeness (QED) is 0.736. The number of nitrogens with one attached hydrogen (secondary N) is 1. The van der Waals surface area contributed by atoms with Gasteiger partial charge in [0.1, 0.15) is 5.75 Å². The first-order chi connectivity index (χ1) is 15.0. The number of hydroxylamine groups is 1. The molecule has 4 rings (SSSR count). The van der Waals surface area contributed by atoms with Gasteiger partial charge in [-0.05, 0) is 42.8 Å². The van der Waals surface area contributed by atoms with Crippen LogP contribution in [0.15, 0.2) is 53.7 Å². The van der Waals surface area contributed by atoms with Gasteiger partial charge in [0, 0.05) is 38.7 Å². The highest BCUT2D eigenvalue weighted by Gasteiger charge is 2.40. The van der Waals surface area contributed by atoms with Crippen molar-refractivity contribution in [3.8, 4) is 5.75 Å². The zero-order chi connectivity index (χ0) is 21.7. The first kappa shape index (κ1) is 21.6. The van der Waals surface area contributed by atoms with Crippen molar-refractivity contribution in [3.63, 3.8) is 0 Å². The summed E-state index contributed by atoms with van der Waals surface area (Å²) in [6, 6.07) is 14.3. The molecule has 2 aliphatic heterocycles. The summed E-state index contributed by atoms with van der Waals surface area (Å²) in [5, 5.41) is 0. The molecular formula is C24H33N5O2. The molecule has 1 fully saturated rings. The summed E-state index contributed by atoms with van der Waals surface area (Å²) in [6.07, 6.45) is 3.60. The second kappa shape index (κ2) is 9.66. The second-order valence-electron chi connectivity index (χ2n) is 8.91. The maximum absolute atomic E-state index is 6.01. The Hall–Kier alpha value is -2.64. The van der Waals surface area contributed by atoms with Crippen LogP contribution in [0.3, 0.4) is 0 Å². The first-order valence-electron chi connectivity index (χ1n) is 11.1. The monoisotopic (exact) mass is 423 g/mol. The van der Waals surface area contributed by atoms with E-state index in [1.807, 2.05) is 36.5 Å². The van der Waals surface area contributed by atoms with Crippen molar-refractivity contribution in [2.24, 2.45) is 10.9 Å². The van der Waals surface area contributed by atoms with E-state index in [1.165, 1.54) is 5.56 Å². The average Bonchev–Trinajstić information content (AvgIpc) is 3.19. The molecule has 0 unspecified atom stereocenters. The Morgan fingerprint density at radius 1 is 1.13 bits per heavy atom. The fourth-order valence-electron chi connectivity index (χ4n) is 3.76. The van der Waals surface area contributed by atoms with Crippen LogP contribution in [0, 0.1) is 5.92 Å². The van der Waals surface area contributed by atoms with Gasteiger partial charge >= 0.3 is 0 Å². The molecule has 7 nitrogen and oxygen atoms in total. The highest BCUT2D eigenvalue weighted by molar-refractivity contribution is 5.80. The summed E-state index contributed by atoms with van der Waals surface area (Å²) in [4.78, 5) is 20.0. The van der Waals surface area contributed by atoms with Crippen molar-refractivity contribution in [2.45, 2.75) is 45.5 Å². The van der Waals surface area contributed by atoms with Gasteiger partial charge in [0.15, 0.2) is 5.72 Å². The van der Waals surface area contributed by atoms with E-state index in [9.17, 15) is 0 Å². The third kappa shape index (κ3) is 5.74. The van der Waals surface area contributed by atoms with Crippen molar-refractivity contribution in [3.05, 3.63) is 59.9 Å². The van der Waals surface area contributed by atoms with Gasteiger partial charge in [-0.1, -0.05) is 32.0 Å². The van der Waals surface area contributed by atoms with Crippen molar-refractivity contribution in [1.29, 1.82) is 0 Å². The maximum Gasteiger partial charge on any atom is 0.222 e. The number of aliphatic imine (C=N–C) groups is 1. The Labute approximate surface area is 185 Å². The lowest BCUT2D eigenvalue weighted by Crippen LogP contribution is -2.43. The molecule has 2 aliphatic rings. The molecule has 166 valence electrons. The van der Waals surface area contributed by atoms with Gasteiger partial charge < -0.3 is 14.5 Å². The molecule has 0 atom stereocenters. The number of guanidine groups is 1. The van der Waals surface area contributed by atoms with Crippen LogP contribution in [0.5, 0.6) is 5.75 Å². The molecule has 1 aromatic heterocycles. The molecule has 1 N–H and O–H groups in total. The van der Waals surface area contributed by atoms with Gasteiger partial charge in [0.05, 0.1) is 18.8 Å². The molecule has 0 aliphatic carbocycles. The summed E-state index contributed by atoms with van der Waals surface area (Å²) in [7, 11) is 2.14. The highest BCUT2D eigenvalue weighted by atomic mass is 16.7. The van der Waals surface area contributed by atoms with Crippen LogP contribution in [0.1, 0.15) is 37.9 Å². The van der Waals surface area contributed by atoms with Crippen LogP contribution < -0.4 is 10.2 Å². The molecule has 1 spiro atoms. The first-order valence-corrected chi connectivity index (χ1v) is 11.1. The summed E-state index contributed by atoms with van der Waals surface area (Å²) >= 11 is 0. The largest absolute Gasteiger partial charge is 0.493 e. The minimum absolute atomic E-state index is 0.460. The summed E-state index contributed by atoms with van der Waals surface area (Å²) in [6.45, 7) is 8.34. The van der Waals surface area contributed by atoms with Gasteiger partial charge in [-0.25, -0.2) is 15.3 Å². The highest BCUT2D eigenvalue weighted by Crippen LogP contribution is 2.30. The van der Waals surface area contributed by atoms with Crippen LogP contribution in [0.25, 0.3) is 0 Å². The van der Waals surface area contributed by atoms with E-state index in [0.29, 0.717) is 19.0 Å². The average molecular weight is 424 g/mol. The molecule has 0 amide bonds. The van der Waals surface area contributed by atoms with Gasteiger partial charge in [0.2, 0.25) is 5.96 Å². The van der Waals surface area contributed by atoms with Crippen LogP contribution in [-0.2, 0) is 17.9 Å². The van der Waals surface area contributed by atoms with Crippen molar-refractivity contribution >= 4 is 5.96 Å². The Morgan fingerprint density at radius 3 is 2.58 bits per heavy atom. The molecule has 3 heterocycles. The van der Waals surface area contributed by atoms with E-state index in [0.717, 1.165) is 49.9 Å². The number of ether oxygens (including phenoxy) is 1. The fraction of sp³-hybridized carbons (Fsp3) is 0.500. The zero-order valence-corrected chi connectivity index (χ0v) is 18.8. The normalized spacial score (nSPS) is 18.1. The Kier molecular flexibility index (Phi) is 6.73. The van der Waals surface area contributed by atoms with E-state index >= 15 is 0 Å². The third-order valence-corrected chi connectivity index (χ3v) is 5.67. The SMILES string of the molecule is CC(C)COc1ccc(CN(Cc2ccccn2)C2=NC3(CCN(C)CC3)ON2)cc1. The van der Waals surface area contributed by atoms with Gasteiger partial charge in [-0.15, -0.1) is 0 Å². The number of nitrogens with zero attached hydrogens (tertiary/aromatic N) is 4. The second-order valence-corrected chi connectivity index (χ2v) is 8.91. The van der Waals surface area contributed by atoms with Gasteiger partial charge in [-0.3, -0.25) is 4.98 Å². The molecule has 31 heavy (non-hydrogen) atoms. The summed E-state index contributed by atoms with van der Waals surface area (Å²) in [5.41, 5.74) is 4.84. The Bertz CT molecular complexity index is 861. The van der Waals surface area contributed by atoms with Crippen LogP contribution in [-0.4, -0.2) is 53.2 Å². The molecule has 0 bridgehead atoms. The molecule has 1 aromatic carbocycles. The number of likely N-dealkylation sites (tertiary alicyclic amines) is 1. The standard InChI is InChI=1S/C24H33N5O2/c1-19(2)18-30-22-9-7-20(8-10-22)16-29(17-21-6-4-5-13-25-21)23-26-24(31-27-23)11-14-28(3)15-12-24/h4-10,13,19H,11-12,14-18H2,1-3H3,(H,26,27). The van der Waals surface area contributed by atoms with Crippen LogP contribution in [0.2, 0.25) is 0 Å². The molecule has 7 heteroatoms. The number of rotatable bonds is 7. The van der Waals surface area contributed by atoms with Crippen molar-refractivity contribution < 1.29 is 9.57 Å². The van der Waals surface area contributed by atoms with Gasteiger partial charge in [0.25, 0.3) is 0 Å². The van der Waals surface area contributed by atoms with E-state index in [1.54, 1.807) is 0 Å². The smallest absolute Gasteiger partial charge is 0.222 e. The third-order valence-electron chi connectivity index (χ3n) is 5.67. The van der Waals surface area contributed by atoms with E-state index < -0.39 is 5.72 Å². The predicted octanol–water partition coefficient (Wildman–Crippen LogP) is 3.43. The topological polar surface area (TPSA) is 62.2 Å². The van der Waals surface area contributed by atoms with Crippen LogP contribution >= 0.6 is 0 Å². The van der Waals surface area contributed by atoms with E-state index in [2.05, 4.69) is 53.3 Å². The maximum atomic E-state index is 6.01. The van der Waals surface area contributed by atoms with Gasteiger partial charge in [-0.2, -0.15) is 0 Å².